The van der Waals surface area contributed by atoms with E-state index in [1.165, 1.54) is 12.2 Å². The van der Waals surface area contributed by atoms with Crippen molar-refractivity contribution in [3.63, 3.8) is 0 Å². The minimum absolute atomic E-state index is 0.0726. The Kier molecular flexibility index (Phi) is 1.58. The van der Waals surface area contributed by atoms with Gasteiger partial charge in [-0.05, 0) is 5.92 Å². The highest BCUT2D eigenvalue weighted by atomic mass is 19.4. The molecule has 0 heterocycles. The molecule has 0 saturated heterocycles. The normalized spacial score (nSPS) is 25.2. The van der Waals surface area contributed by atoms with Crippen molar-refractivity contribution >= 4 is 0 Å². The predicted octanol–water partition coefficient (Wildman–Crippen LogP) is 2.68. The summed E-state index contributed by atoms with van der Waals surface area (Å²) in [5.74, 6) is -0.0726. The average molecular weight is 148 g/mol. The summed E-state index contributed by atoms with van der Waals surface area (Å²) in [5.41, 5.74) is -0.528. The van der Waals surface area contributed by atoms with Crippen LogP contribution in [0.2, 0.25) is 0 Å². The largest absolute Gasteiger partial charge is 0.416 e. The highest BCUT2D eigenvalue weighted by Gasteiger charge is 2.33. The van der Waals surface area contributed by atoms with Gasteiger partial charge < -0.3 is 0 Å². The first kappa shape index (κ1) is 7.38. The average Bonchev–Trinajstić information content (AvgIpc) is 2.11. The van der Waals surface area contributed by atoms with Crippen molar-refractivity contribution in [1.29, 1.82) is 0 Å². The van der Waals surface area contributed by atoms with Crippen molar-refractivity contribution in [2.45, 2.75) is 13.1 Å². The summed E-state index contributed by atoms with van der Waals surface area (Å²) >= 11 is 0. The van der Waals surface area contributed by atoms with E-state index in [1.54, 1.807) is 6.92 Å². The van der Waals surface area contributed by atoms with Crippen molar-refractivity contribution < 1.29 is 13.2 Å². The third-order valence-corrected chi connectivity index (χ3v) is 1.35. The molecule has 10 heavy (non-hydrogen) atoms. The molecule has 0 amide bonds. The minimum atomic E-state index is -4.17. The molecule has 0 radical (unpaired) electrons. The van der Waals surface area contributed by atoms with Gasteiger partial charge in [0.2, 0.25) is 0 Å². The van der Waals surface area contributed by atoms with Crippen LogP contribution in [0.5, 0.6) is 0 Å². The Morgan fingerprint density at radius 3 is 2.20 bits per heavy atom. The van der Waals surface area contributed by atoms with Gasteiger partial charge in [-0.2, -0.15) is 13.2 Å². The van der Waals surface area contributed by atoms with E-state index in [0.29, 0.717) is 0 Å². The first-order valence-electron chi connectivity index (χ1n) is 2.97. The second kappa shape index (κ2) is 2.15. The first-order chi connectivity index (χ1) is 4.50. The van der Waals surface area contributed by atoms with Crippen LogP contribution in [0.25, 0.3) is 0 Å². The van der Waals surface area contributed by atoms with Crippen molar-refractivity contribution in [1.82, 2.24) is 0 Å². The van der Waals surface area contributed by atoms with Crippen LogP contribution in [-0.2, 0) is 0 Å². The van der Waals surface area contributed by atoms with Crippen LogP contribution in [0.1, 0.15) is 6.92 Å². The molecule has 0 fully saturated rings. The number of allylic oxidation sites excluding steroid dienone is 4. The SMILES string of the molecule is CC1C=CC(C(F)(F)F)=C1. The Hall–Kier alpha value is -0.730. The van der Waals surface area contributed by atoms with Gasteiger partial charge in [0.05, 0.1) is 5.57 Å². The van der Waals surface area contributed by atoms with E-state index in [-0.39, 0.29) is 5.92 Å². The molecule has 56 valence electrons. The van der Waals surface area contributed by atoms with E-state index in [1.807, 2.05) is 0 Å². The van der Waals surface area contributed by atoms with Crippen LogP contribution >= 0.6 is 0 Å². The molecule has 1 aliphatic rings. The zero-order valence-electron chi connectivity index (χ0n) is 5.44. The zero-order valence-corrected chi connectivity index (χ0v) is 5.44. The molecule has 1 rings (SSSR count). The molecule has 0 bridgehead atoms. The molecule has 0 nitrogen and oxygen atoms in total. The van der Waals surface area contributed by atoms with Gasteiger partial charge in [-0.1, -0.05) is 25.2 Å². The summed E-state index contributed by atoms with van der Waals surface area (Å²) in [7, 11) is 0. The number of hydrogen-bond acceptors (Lipinski definition) is 0. The predicted molar refractivity (Wildman–Crippen MR) is 32.4 cm³/mol. The Balaban J connectivity index is 2.78. The van der Waals surface area contributed by atoms with Crippen LogP contribution in [0.3, 0.4) is 0 Å². The van der Waals surface area contributed by atoms with Crippen molar-refractivity contribution in [2.75, 3.05) is 0 Å². The first-order valence-corrected chi connectivity index (χ1v) is 2.97. The molecule has 0 saturated carbocycles. The van der Waals surface area contributed by atoms with Gasteiger partial charge in [0.15, 0.2) is 0 Å². The molecule has 0 spiro atoms. The lowest BCUT2D eigenvalue weighted by Crippen LogP contribution is -2.08. The topological polar surface area (TPSA) is 0 Å². The Morgan fingerprint density at radius 1 is 1.40 bits per heavy atom. The molecular formula is C7H7F3. The maximum absolute atomic E-state index is 11.8. The fourth-order valence-electron chi connectivity index (χ4n) is 0.839. The van der Waals surface area contributed by atoms with Gasteiger partial charge >= 0.3 is 6.18 Å². The summed E-state index contributed by atoms with van der Waals surface area (Å²) in [6, 6.07) is 0. The fraction of sp³-hybridized carbons (Fsp3) is 0.429. The Bertz CT molecular complexity index is 186. The lowest BCUT2D eigenvalue weighted by Gasteiger charge is -2.03. The van der Waals surface area contributed by atoms with E-state index in [0.717, 1.165) is 6.08 Å². The number of halogens is 3. The number of alkyl halides is 3. The molecule has 0 aromatic carbocycles. The molecule has 0 N–H and O–H groups in total. The quantitative estimate of drug-likeness (QED) is 0.495. The number of hydrogen-bond donors (Lipinski definition) is 0. The van der Waals surface area contributed by atoms with Gasteiger partial charge in [0.25, 0.3) is 0 Å². The molecular weight excluding hydrogens is 141 g/mol. The summed E-state index contributed by atoms with van der Waals surface area (Å²) in [6.07, 6.45) is -0.311. The smallest absolute Gasteiger partial charge is 0.166 e. The van der Waals surface area contributed by atoms with Gasteiger partial charge in [0.1, 0.15) is 0 Å². The maximum atomic E-state index is 11.8. The second-order valence-electron chi connectivity index (χ2n) is 2.34. The molecule has 3 heteroatoms. The minimum Gasteiger partial charge on any atom is -0.166 e. The maximum Gasteiger partial charge on any atom is 0.416 e. The molecule has 1 aliphatic carbocycles. The van der Waals surface area contributed by atoms with Crippen molar-refractivity contribution in [3.8, 4) is 0 Å². The third-order valence-electron chi connectivity index (χ3n) is 1.35. The fourth-order valence-corrected chi connectivity index (χ4v) is 0.839. The monoisotopic (exact) mass is 148 g/mol. The second-order valence-corrected chi connectivity index (χ2v) is 2.34. The summed E-state index contributed by atoms with van der Waals surface area (Å²) in [6.45, 7) is 1.72. The lowest BCUT2D eigenvalue weighted by atomic mass is 10.2. The molecule has 0 aromatic heterocycles. The number of rotatable bonds is 0. The van der Waals surface area contributed by atoms with Gasteiger partial charge in [0, 0.05) is 0 Å². The van der Waals surface area contributed by atoms with Crippen LogP contribution in [0.4, 0.5) is 13.2 Å². The van der Waals surface area contributed by atoms with E-state index in [4.69, 9.17) is 0 Å². The van der Waals surface area contributed by atoms with Gasteiger partial charge in [-0.25, -0.2) is 0 Å². The molecule has 1 unspecified atom stereocenters. The highest BCUT2D eigenvalue weighted by molar-refractivity contribution is 5.31. The van der Waals surface area contributed by atoms with Crippen LogP contribution < -0.4 is 0 Å². The molecule has 0 aromatic rings. The standard InChI is InChI=1S/C7H7F3/c1-5-2-3-6(4-5)7(8,9)10/h2-5H,1H3. The third kappa shape index (κ3) is 1.40. The van der Waals surface area contributed by atoms with E-state index in [2.05, 4.69) is 0 Å². The van der Waals surface area contributed by atoms with Crippen LogP contribution in [-0.4, -0.2) is 6.18 Å². The summed E-state index contributed by atoms with van der Waals surface area (Å²) in [5, 5.41) is 0. The Labute approximate surface area is 57.0 Å². The van der Waals surface area contributed by atoms with Gasteiger partial charge in [-0.3, -0.25) is 0 Å². The van der Waals surface area contributed by atoms with Crippen LogP contribution in [0.15, 0.2) is 23.8 Å². The van der Waals surface area contributed by atoms with E-state index in [9.17, 15) is 13.2 Å². The molecule has 0 aliphatic heterocycles. The van der Waals surface area contributed by atoms with Crippen molar-refractivity contribution in [3.05, 3.63) is 23.8 Å². The summed E-state index contributed by atoms with van der Waals surface area (Å²) < 4.78 is 35.4. The summed E-state index contributed by atoms with van der Waals surface area (Å²) in [4.78, 5) is 0. The zero-order chi connectivity index (χ0) is 7.78. The molecule has 1 atom stereocenters. The Morgan fingerprint density at radius 2 is 2.00 bits per heavy atom. The highest BCUT2D eigenvalue weighted by Crippen LogP contribution is 2.31. The van der Waals surface area contributed by atoms with Crippen molar-refractivity contribution in [2.24, 2.45) is 5.92 Å². The van der Waals surface area contributed by atoms with Crippen LogP contribution in [0, 0.1) is 5.92 Å². The van der Waals surface area contributed by atoms with E-state index < -0.39 is 11.7 Å². The van der Waals surface area contributed by atoms with E-state index >= 15 is 0 Å². The lowest BCUT2D eigenvalue weighted by molar-refractivity contribution is -0.0881. The van der Waals surface area contributed by atoms with Gasteiger partial charge in [-0.15, -0.1) is 0 Å².